The average Bonchev–Trinajstić information content (AvgIpc) is 3.26. The molecule has 168 valence electrons. The molecule has 0 atom stereocenters. The molecular formula is C25H29N3O3S. The summed E-state index contributed by atoms with van der Waals surface area (Å²) in [6.45, 7) is 10.0. The number of amides is 3. The number of fused-ring (bicyclic) bond motifs is 1. The van der Waals surface area contributed by atoms with Crippen LogP contribution in [0.2, 0.25) is 0 Å². The van der Waals surface area contributed by atoms with Crippen LogP contribution in [-0.4, -0.2) is 51.1 Å². The molecule has 0 bridgehead atoms. The fraction of sp³-hybridized carbons (Fsp3) is 0.400. The fourth-order valence-electron chi connectivity index (χ4n) is 4.42. The fourth-order valence-corrected chi connectivity index (χ4v) is 5.26. The van der Waals surface area contributed by atoms with Gasteiger partial charge in [-0.25, -0.2) is 0 Å². The van der Waals surface area contributed by atoms with Crippen molar-refractivity contribution in [2.75, 3.05) is 19.6 Å². The van der Waals surface area contributed by atoms with Crippen LogP contribution in [0.3, 0.4) is 0 Å². The summed E-state index contributed by atoms with van der Waals surface area (Å²) in [6.07, 6.45) is 8.20. The van der Waals surface area contributed by atoms with Crippen molar-refractivity contribution < 1.29 is 14.4 Å². The number of hydrogen-bond acceptors (Lipinski definition) is 4. The third kappa shape index (κ3) is 4.26. The van der Waals surface area contributed by atoms with Gasteiger partial charge >= 0.3 is 0 Å². The molecule has 1 aromatic carbocycles. The number of thioether (sulfide) groups is 1. The number of carbonyl (C=O) groups excluding carboxylic acids is 3. The van der Waals surface area contributed by atoms with E-state index in [1.807, 2.05) is 27.8 Å². The lowest BCUT2D eigenvalue weighted by Gasteiger charge is -2.30. The lowest BCUT2D eigenvalue weighted by atomic mass is 9.99. The minimum Gasteiger partial charge on any atom is -0.341 e. The van der Waals surface area contributed by atoms with E-state index in [1.165, 1.54) is 4.90 Å². The van der Waals surface area contributed by atoms with Crippen LogP contribution in [0.15, 0.2) is 42.0 Å². The maximum absolute atomic E-state index is 13.1. The number of para-hydroxylation sites is 1. The smallest absolute Gasteiger partial charge is 0.293 e. The Bertz CT molecular complexity index is 1110. The molecule has 6 nitrogen and oxygen atoms in total. The summed E-state index contributed by atoms with van der Waals surface area (Å²) in [5.41, 5.74) is 3.02. The number of imide groups is 1. The van der Waals surface area contributed by atoms with E-state index in [0.717, 1.165) is 66.1 Å². The summed E-state index contributed by atoms with van der Waals surface area (Å²) < 4.78 is 2.01. The molecule has 1 aromatic heterocycles. The SMILES string of the molecule is C=CCN1C(=O)S/C(=C\c2cn(CC(=O)N3CCC(C)CC3)c3c(CC)cccc23)C1=O. The van der Waals surface area contributed by atoms with E-state index >= 15 is 0 Å². The molecule has 3 heterocycles. The summed E-state index contributed by atoms with van der Waals surface area (Å²) in [5, 5.41) is 0.702. The molecule has 2 aromatic rings. The second-order valence-corrected chi connectivity index (χ2v) is 9.52. The highest BCUT2D eigenvalue weighted by molar-refractivity contribution is 8.18. The van der Waals surface area contributed by atoms with Crippen molar-refractivity contribution in [1.82, 2.24) is 14.4 Å². The van der Waals surface area contributed by atoms with E-state index in [-0.39, 0.29) is 30.1 Å². The predicted octanol–water partition coefficient (Wildman–Crippen LogP) is 4.68. The molecule has 3 amide bonds. The molecule has 0 spiro atoms. The van der Waals surface area contributed by atoms with Crippen LogP contribution < -0.4 is 0 Å². The lowest BCUT2D eigenvalue weighted by molar-refractivity contribution is -0.133. The molecule has 0 N–H and O–H groups in total. The van der Waals surface area contributed by atoms with Crippen LogP contribution in [-0.2, 0) is 22.6 Å². The van der Waals surface area contributed by atoms with Gasteiger partial charge in [-0.1, -0.05) is 38.1 Å². The summed E-state index contributed by atoms with van der Waals surface area (Å²) >= 11 is 0.947. The van der Waals surface area contributed by atoms with E-state index < -0.39 is 0 Å². The highest BCUT2D eigenvalue weighted by atomic mass is 32.2. The molecule has 2 aliphatic rings. The number of benzene rings is 1. The maximum Gasteiger partial charge on any atom is 0.293 e. The van der Waals surface area contributed by atoms with Crippen LogP contribution in [0.5, 0.6) is 0 Å². The summed E-state index contributed by atoms with van der Waals surface area (Å²) in [6, 6.07) is 6.09. The van der Waals surface area contributed by atoms with Crippen LogP contribution in [0, 0.1) is 5.92 Å². The van der Waals surface area contributed by atoms with Gasteiger partial charge in [0.1, 0.15) is 6.54 Å². The Balaban J connectivity index is 1.69. The van der Waals surface area contributed by atoms with E-state index in [4.69, 9.17) is 0 Å². The quantitative estimate of drug-likeness (QED) is 0.472. The Morgan fingerprint density at radius 1 is 1.25 bits per heavy atom. The van der Waals surface area contributed by atoms with Crippen molar-refractivity contribution >= 4 is 45.8 Å². The second kappa shape index (κ2) is 9.36. The van der Waals surface area contributed by atoms with Gasteiger partial charge in [-0.2, -0.15) is 0 Å². The molecule has 7 heteroatoms. The molecule has 0 unspecified atom stereocenters. The zero-order valence-electron chi connectivity index (χ0n) is 18.7. The highest BCUT2D eigenvalue weighted by Gasteiger charge is 2.34. The number of nitrogens with zero attached hydrogens (tertiary/aromatic N) is 3. The Morgan fingerprint density at radius 3 is 2.69 bits per heavy atom. The molecule has 2 saturated heterocycles. The normalized spacial score (nSPS) is 18.9. The summed E-state index contributed by atoms with van der Waals surface area (Å²) in [5.74, 6) is 0.490. The Labute approximate surface area is 192 Å². The highest BCUT2D eigenvalue weighted by Crippen LogP contribution is 2.35. The number of likely N-dealkylation sites (tertiary alicyclic amines) is 1. The Kier molecular flexibility index (Phi) is 6.55. The Hall–Kier alpha value is -2.80. The van der Waals surface area contributed by atoms with Crippen molar-refractivity contribution in [3.8, 4) is 0 Å². The zero-order valence-corrected chi connectivity index (χ0v) is 19.5. The lowest BCUT2D eigenvalue weighted by Crippen LogP contribution is -2.39. The number of aryl methyl sites for hydroxylation is 1. The van der Waals surface area contributed by atoms with E-state index in [0.29, 0.717) is 10.8 Å². The number of piperidine rings is 1. The van der Waals surface area contributed by atoms with Crippen molar-refractivity contribution in [3.05, 3.63) is 53.1 Å². The second-order valence-electron chi connectivity index (χ2n) is 8.52. The topological polar surface area (TPSA) is 62.6 Å². The molecule has 2 fully saturated rings. The third-order valence-electron chi connectivity index (χ3n) is 6.31. The van der Waals surface area contributed by atoms with E-state index in [1.54, 1.807) is 12.2 Å². The molecular weight excluding hydrogens is 422 g/mol. The number of hydrogen-bond donors (Lipinski definition) is 0. The van der Waals surface area contributed by atoms with Gasteiger partial charge in [0.2, 0.25) is 5.91 Å². The molecule has 0 radical (unpaired) electrons. The first-order valence-electron chi connectivity index (χ1n) is 11.2. The van der Waals surface area contributed by atoms with Crippen molar-refractivity contribution in [1.29, 1.82) is 0 Å². The van der Waals surface area contributed by atoms with Crippen LogP contribution >= 0.6 is 11.8 Å². The average molecular weight is 452 g/mol. The van der Waals surface area contributed by atoms with Gasteiger partial charge in [-0.15, -0.1) is 6.58 Å². The minimum absolute atomic E-state index is 0.123. The molecule has 0 saturated carbocycles. The van der Waals surface area contributed by atoms with E-state index in [9.17, 15) is 14.4 Å². The van der Waals surface area contributed by atoms with Gasteiger partial charge in [0.25, 0.3) is 11.1 Å². The summed E-state index contributed by atoms with van der Waals surface area (Å²) in [4.78, 5) is 41.5. The summed E-state index contributed by atoms with van der Waals surface area (Å²) in [7, 11) is 0. The first-order chi connectivity index (χ1) is 15.4. The van der Waals surface area contributed by atoms with Crippen LogP contribution in [0.4, 0.5) is 4.79 Å². The molecule has 0 aliphatic carbocycles. The standard InChI is InChI=1S/C25H29N3O3S/c1-4-11-28-24(30)21(32-25(28)31)14-19-15-27(23-18(5-2)7-6-8-20(19)23)16-22(29)26-12-9-17(3)10-13-26/h4,6-8,14-15,17H,1,5,9-13,16H2,2-3H3/b21-14-. The molecule has 32 heavy (non-hydrogen) atoms. The van der Waals surface area contributed by atoms with Gasteiger partial charge in [0, 0.05) is 36.8 Å². The number of rotatable bonds is 6. The first kappa shape index (κ1) is 22.4. The van der Waals surface area contributed by atoms with Gasteiger partial charge in [-0.3, -0.25) is 19.3 Å². The largest absolute Gasteiger partial charge is 0.341 e. The van der Waals surface area contributed by atoms with Gasteiger partial charge < -0.3 is 9.47 Å². The third-order valence-corrected chi connectivity index (χ3v) is 7.21. The molecule has 4 rings (SSSR count). The van der Waals surface area contributed by atoms with Crippen molar-refractivity contribution in [2.45, 2.75) is 39.7 Å². The van der Waals surface area contributed by atoms with Crippen LogP contribution in [0.1, 0.15) is 37.8 Å². The first-order valence-corrected chi connectivity index (χ1v) is 12.0. The minimum atomic E-state index is -0.300. The zero-order chi connectivity index (χ0) is 22.8. The van der Waals surface area contributed by atoms with E-state index in [2.05, 4.69) is 26.5 Å². The van der Waals surface area contributed by atoms with Gasteiger partial charge in [0.15, 0.2) is 0 Å². The van der Waals surface area contributed by atoms with Crippen LogP contribution in [0.25, 0.3) is 17.0 Å². The monoisotopic (exact) mass is 451 g/mol. The molecule has 2 aliphatic heterocycles. The van der Waals surface area contributed by atoms with Crippen molar-refractivity contribution in [3.63, 3.8) is 0 Å². The Morgan fingerprint density at radius 2 is 2.00 bits per heavy atom. The predicted molar refractivity (Wildman–Crippen MR) is 129 cm³/mol. The van der Waals surface area contributed by atoms with Gasteiger partial charge in [0.05, 0.1) is 10.4 Å². The maximum atomic E-state index is 13.1. The number of carbonyl (C=O) groups is 3. The van der Waals surface area contributed by atoms with Crippen molar-refractivity contribution in [2.24, 2.45) is 5.92 Å². The van der Waals surface area contributed by atoms with Gasteiger partial charge in [-0.05, 0) is 48.6 Å². The number of aromatic nitrogens is 1.